The van der Waals surface area contributed by atoms with Crippen LogP contribution in [0, 0.1) is 17.8 Å². The molecule has 196 valence electrons. The van der Waals surface area contributed by atoms with Gasteiger partial charge in [0.15, 0.2) is 0 Å². The van der Waals surface area contributed by atoms with E-state index in [4.69, 9.17) is 9.57 Å². The third-order valence-corrected chi connectivity index (χ3v) is 7.84. The van der Waals surface area contributed by atoms with Crippen LogP contribution in [0.5, 0.6) is 0 Å². The maximum absolute atomic E-state index is 12.3. The molecule has 0 aromatic heterocycles. The zero-order valence-corrected chi connectivity index (χ0v) is 21.9. The molecule has 7 nitrogen and oxygen atoms in total. The Morgan fingerprint density at radius 1 is 1.23 bits per heavy atom. The summed E-state index contributed by atoms with van der Waals surface area (Å²) in [6.45, 7) is 8.95. The fourth-order valence-electron chi connectivity index (χ4n) is 5.86. The second kappa shape index (κ2) is 12.7. The highest BCUT2D eigenvalue weighted by atomic mass is 16.7. The van der Waals surface area contributed by atoms with Gasteiger partial charge in [0.05, 0.1) is 12.1 Å². The monoisotopic (exact) mass is 488 g/mol. The van der Waals surface area contributed by atoms with Crippen LogP contribution in [0.3, 0.4) is 0 Å². The van der Waals surface area contributed by atoms with Crippen LogP contribution in [0.4, 0.5) is 4.79 Å². The van der Waals surface area contributed by atoms with E-state index in [1.165, 1.54) is 37.2 Å². The number of rotatable bonds is 12. The normalized spacial score (nSPS) is 23.4. The molecule has 0 radical (unpaired) electrons. The van der Waals surface area contributed by atoms with Gasteiger partial charge in [0.2, 0.25) is 6.41 Å². The minimum atomic E-state index is -0.902. The summed E-state index contributed by atoms with van der Waals surface area (Å²) >= 11 is 0. The van der Waals surface area contributed by atoms with Crippen molar-refractivity contribution >= 4 is 12.5 Å². The molecule has 1 aliphatic carbocycles. The van der Waals surface area contributed by atoms with Crippen molar-refractivity contribution in [2.45, 2.75) is 104 Å². The Morgan fingerprint density at radius 3 is 2.51 bits per heavy atom. The predicted octanol–water partition coefficient (Wildman–Crippen LogP) is 6.08. The number of amides is 2. The summed E-state index contributed by atoms with van der Waals surface area (Å²) in [7, 11) is 0. The number of carbonyl (C=O) groups excluding carboxylic acids is 1. The Morgan fingerprint density at radius 2 is 1.91 bits per heavy atom. The lowest BCUT2D eigenvalue weighted by Crippen LogP contribution is -2.48. The zero-order chi connectivity index (χ0) is 25.4. The number of carboxylic acid groups (broad SMARTS) is 1. The van der Waals surface area contributed by atoms with Crippen molar-refractivity contribution < 1.29 is 24.3 Å². The lowest BCUT2D eigenvalue weighted by Gasteiger charge is -2.34. The van der Waals surface area contributed by atoms with Crippen molar-refractivity contribution in [1.29, 1.82) is 0 Å². The maximum Gasteiger partial charge on any atom is 0.409 e. The Balaban J connectivity index is 1.64. The molecule has 1 saturated heterocycles. The molecule has 1 aromatic rings. The first-order valence-electron chi connectivity index (χ1n) is 13.3. The fraction of sp³-hybridized carbons (Fsp3) is 0.714. The summed E-state index contributed by atoms with van der Waals surface area (Å²) in [6.07, 6.45) is 8.21. The van der Waals surface area contributed by atoms with Gasteiger partial charge >= 0.3 is 6.09 Å². The van der Waals surface area contributed by atoms with Crippen LogP contribution in [0.2, 0.25) is 0 Å². The molecule has 0 bridgehead atoms. The van der Waals surface area contributed by atoms with Crippen molar-refractivity contribution in [3.8, 4) is 0 Å². The number of nitrogens with zero attached hydrogens (tertiary/aromatic N) is 2. The van der Waals surface area contributed by atoms with Gasteiger partial charge in [-0.3, -0.25) is 14.5 Å². The Labute approximate surface area is 210 Å². The van der Waals surface area contributed by atoms with Gasteiger partial charge in [-0.05, 0) is 56.4 Å². The first-order chi connectivity index (χ1) is 16.7. The van der Waals surface area contributed by atoms with Crippen LogP contribution in [0.25, 0.3) is 0 Å². The molecule has 3 rings (SSSR count). The molecule has 1 unspecified atom stereocenters. The second-order valence-electron chi connectivity index (χ2n) is 11.1. The largest absolute Gasteiger partial charge is 0.465 e. The highest BCUT2D eigenvalue weighted by Gasteiger charge is 2.50. The van der Waals surface area contributed by atoms with E-state index in [-0.39, 0.29) is 18.1 Å². The molecule has 1 aromatic carbocycles. The van der Waals surface area contributed by atoms with Crippen LogP contribution < -0.4 is 0 Å². The smallest absolute Gasteiger partial charge is 0.409 e. The van der Waals surface area contributed by atoms with Crippen molar-refractivity contribution in [2.24, 2.45) is 17.8 Å². The molecule has 7 heteroatoms. The van der Waals surface area contributed by atoms with Gasteiger partial charge in [0.1, 0.15) is 12.3 Å². The van der Waals surface area contributed by atoms with Crippen LogP contribution in [0.15, 0.2) is 30.3 Å². The molecular weight excluding hydrogens is 444 g/mol. The highest BCUT2D eigenvalue weighted by molar-refractivity contribution is 5.66. The topological polar surface area (TPSA) is 79.3 Å². The van der Waals surface area contributed by atoms with E-state index < -0.39 is 11.8 Å². The highest BCUT2D eigenvalue weighted by Crippen LogP contribution is 2.41. The van der Waals surface area contributed by atoms with E-state index >= 15 is 0 Å². The van der Waals surface area contributed by atoms with Gasteiger partial charge in [0, 0.05) is 6.54 Å². The molecule has 2 aliphatic rings. The number of ether oxygens (including phenoxy) is 1. The van der Waals surface area contributed by atoms with Gasteiger partial charge in [-0.25, -0.2) is 9.86 Å². The Kier molecular flexibility index (Phi) is 9.99. The van der Waals surface area contributed by atoms with E-state index in [0.29, 0.717) is 25.0 Å². The summed E-state index contributed by atoms with van der Waals surface area (Å²) in [6, 6.07) is 9.66. The van der Waals surface area contributed by atoms with Crippen LogP contribution in [0.1, 0.15) is 84.6 Å². The summed E-state index contributed by atoms with van der Waals surface area (Å²) in [5, 5.41) is 11.4. The fourth-order valence-corrected chi connectivity index (χ4v) is 5.86. The summed E-state index contributed by atoms with van der Waals surface area (Å²) in [5.74, 6) is 1.21. The molecule has 1 N–H and O–H groups in total. The minimum absolute atomic E-state index is 0.136. The molecular formula is C28H44N2O5. The minimum Gasteiger partial charge on any atom is -0.465 e. The summed E-state index contributed by atoms with van der Waals surface area (Å²) in [5.41, 5.74) is 0.172. The van der Waals surface area contributed by atoms with Crippen molar-refractivity contribution in [3.05, 3.63) is 35.9 Å². The lowest BCUT2D eigenvalue weighted by molar-refractivity contribution is -0.178. The average molecular weight is 489 g/mol. The Hall–Kier alpha value is -2.12. The number of hydroxylamine groups is 2. The number of carbonyl (C=O) groups is 2. The first-order valence-corrected chi connectivity index (χ1v) is 13.3. The SMILES string of the molecule is CC(C)C(CCN(C=O)OCc1ccccc1)C[C@@H]1OC(C)(C)N(C(=O)O)[C@H]1CC1CCCCC1. The van der Waals surface area contributed by atoms with Crippen molar-refractivity contribution in [1.82, 2.24) is 9.96 Å². The molecule has 1 aliphatic heterocycles. The molecule has 0 spiro atoms. The van der Waals surface area contributed by atoms with Crippen molar-refractivity contribution in [2.75, 3.05) is 6.54 Å². The number of benzene rings is 1. The van der Waals surface area contributed by atoms with Crippen LogP contribution >= 0.6 is 0 Å². The van der Waals surface area contributed by atoms with Gasteiger partial charge < -0.3 is 9.84 Å². The standard InChI is InChI=1S/C28H44N2O5/c1-21(2)24(15-16-29(20-31)34-19-23-13-9-6-10-14-23)18-26-25(17-22-11-7-5-8-12-22)30(27(32)33)28(3,4)35-26/h6,9-10,13-14,20-22,24-26H,5,7-8,11-12,15-19H2,1-4H3,(H,32,33)/t24?,25-,26-/m0/s1. The van der Waals surface area contributed by atoms with Gasteiger partial charge in [-0.1, -0.05) is 76.3 Å². The van der Waals surface area contributed by atoms with Gasteiger partial charge in [-0.2, -0.15) is 0 Å². The molecule has 35 heavy (non-hydrogen) atoms. The Bertz CT molecular complexity index is 794. The summed E-state index contributed by atoms with van der Waals surface area (Å²) in [4.78, 5) is 31.2. The maximum atomic E-state index is 12.3. The average Bonchev–Trinajstić information content (AvgIpc) is 3.08. The van der Waals surface area contributed by atoms with Gasteiger partial charge in [0.25, 0.3) is 0 Å². The van der Waals surface area contributed by atoms with E-state index in [1.807, 2.05) is 44.2 Å². The third kappa shape index (κ3) is 7.68. The summed E-state index contributed by atoms with van der Waals surface area (Å²) < 4.78 is 6.43. The lowest BCUT2D eigenvalue weighted by atomic mass is 9.80. The van der Waals surface area contributed by atoms with Gasteiger partial charge in [-0.15, -0.1) is 0 Å². The van der Waals surface area contributed by atoms with Crippen molar-refractivity contribution in [3.63, 3.8) is 0 Å². The molecule has 2 amide bonds. The van der Waals surface area contributed by atoms with Crippen LogP contribution in [-0.4, -0.2) is 52.0 Å². The van der Waals surface area contributed by atoms with E-state index in [0.717, 1.165) is 31.2 Å². The molecule has 3 atom stereocenters. The molecule has 1 saturated carbocycles. The predicted molar refractivity (Wildman–Crippen MR) is 135 cm³/mol. The molecule has 2 fully saturated rings. The van der Waals surface area contributed by atoms with E-state index in [2.05, 4.69) is 13.8 Å². The quantitative estimate of drug-likeness (QED) is 0.285. The molecule has 1 heterocycles. The van der Waals surface area contributed by atoms with Crippen LogP contribution in [-0.2, 0) is 21.0 Å². The van der Waals surface area contributed by atoms with E-state index in [1.54, 1.807) is 4.90 Å². The number of hydrogen-bond donors (Lipinski definition) is 1. The zero-order valence-electron chi connectivity index (χ0n) is 21.9. The number of hydrogen-bond acceptors (Lipinski definition) is 4. The van der Waals surface area contributed by atoms with E-state index in [9.17, 15) is 14.7 Å². The second-order valence-corrected chi connectivity index (χ2v) is 11.1. The first kappa shape index (κ1) is 27.5. The third-order valence-electron chi connectivity index (χ3n) is 7.84.